The molecule has 94 valence electrons. The summed E-state index contributed by atoms with van der Waals surface area (Å²) in [6.45, 7) is 0. The van der Waals surface area contributed by atoms with Crippen LogP contribution in [0.1, 0.15) is 10.4 Å². The molecule has 0 amide bonds. The van der Waals surface area contributed by atoms with Crippen LogP contribution in [0.2, 0.25) is 0 Å². The van der Waals surface area contributed by atoms with E-state index in [0.29, 0.717) is 5.82 Å². The van der Waals surface area contributed by atoms with E-state index in [-0.39, 0.29) is 11.4 Å². The van der Waals surface area contributed by atoms with E-state index in [1.54, 1.807) is 0 Å². The first-order chi connectivity index (χ1) is 8.67. The summed E-state index contributed by atoms with van der Waals surface area (Å²) in [4.78, 5) is 15.3. The highest BCUT2D eigenvalue weighted by Gasteiger charge is 2.20. The van der Waals surface area contributed by atoms with Crippen LogP contribution in [-0.2, 0) is 4.74 Å². The molecule has 0 aliphatic heterocycles. The van der Waals surface area contributed by atoms with Crippen LogP contribution in [0.5, 0.6) is 5.88 Å². The van der Waals surface area contributed by atoms with Crippen LogP contribution in [0.15, 0.2) is 24.5 Å². The summed E-state index contributed by atoms with van der Waals surface area (Å²) in [5.41, 5.74) is 0.172. The second-order valence-corrected chi connectivity index (χ2v) is 3.31. The molecular formula is C11H10FN3O3. The largest absolute Gasteiger partial charge is 0.480 e. The lowest BCUT2D eigenvalue weighted by Crippen LogP contribution is -2.06. The fourth-order valence-electron chi connectivity index (χ4n) is 1.44. The van der Waals surface area contributed by atoms with Gasteiger partial charge in [0.2, 0.25) is 5.88 Å². The third-order valence-electron chi connectivity index (χ3n) is 2.25. The van der Waals surface area contributed by atoms with Crippen LogP contribution in [0.4, 0.5) is 4.39 Å². The maximum Gasteiger partial charge on any atom is 0.345 e. The molecule has 2 heterocycles. The third-order valence-corrected chi connectivity index (χ3v) is 2.25. The number of carbonyl (C=O) groups is 1. The number of hydrogen-bond donors (Lipinski definition) is 0. The van der Waals surface area contributed by atoms with Gasteiger partial charge in [0.15, 0.2) is 5.82 Å². The molecular weight excluding hydrogens is 241 g/mol. The molecule has 2 aromatic heterocycles. The molecule has 2 rings (SSSR count). The van der Waals surface area contributed by atoms with Crippen molar-refractivity contribution < 1.29 is 18.7 Å². The first kappa shape index (κ1) is 12.0. The highest BCUT2D eigenvalue weighted by atomic mass is 19.1. The lowest BCUT2D eigenvalue weighted by Gasteiger charge is -2.06. The molecule has 2 aromatic rings. The predicted octanol–water partition coefficient (Wildman–Crippen LogP) is 1.20. The van der Waals surface area contributed by atoms with Crippen molar-refractivity contribution >= 4 is 5.97 Å². The number of halogens is 1. The molecule has 0 aliphatic carbocycles. The second-order valence-electron chi connectivity index (χ2n) is 3.31. The van der Waals surface area contributed by atoms with Crippen molar-refractivity contribution in [2.24, 2.45) is 0 Å². The average molecular weight is 251 g/mol. The number of nitrogens with zero attached hydrogens (tertiary/aromatic N) is 3. The van der Waals surface area contributed by atoms with Crippen molar-refractivity contribution in [2.75, 3.05) is 14.2 Å². The Morgan fingerprint density at radius 3 is 2.67 bits per heavy atom. The number of rotatable bonds is 3. The molecule has 0 atom stereocenters. The van der Waals surface area contributed by atoms with Gasteiger partial charge in [0.25, 0.3) is 0 Å². The van der Waals surface area contributed by atoms with Crippen LogP contribution >= 0.6 is 0 Å². The number of pyridine rings is 1. The van der Waals surface area contributed by atoms with E-state index >= 15 is 0 Å². The summed E-state index contributed by atoms with van der Waals surface area (Å²) >= 11 is 0. The van der Waals surface area contributed by atoms with Crippen LogP contribution in [0, 0.1) is 5.82 Å². The maximum absolute atomic E-state index is 12.8. The summed E-state index contributed by atoms with van der Waals surface area (Å²) in [5, 5.41) is 3.96. The Balaban J connectivity index is 2.48. The minimum absolute atomic E-state index is 0.172. The van der Waals surface area contributed by atoms with Crippen LogP contribution in [0.3, 0.4) is 0 Å². The molecule has 0 aromatic carbocycles. The van der Waals surface area contributed by atoms with Crippen molar-refractivity contribution in [1.82, 2.24) is 14.8 Å². The normalized spacial score (nSPS) is 10.2. The Kier molecular flexibility index (Phi) is 3.22. The molecule has 7 heteroatoms. The first-order valence-electron chi connectivity index (χ1n) is 4.99. The molecule has 0 spiro atoms. The van der Waals surface area contributed by atoms with Gasteiger partial charge in [-0.15, -0.1) is 0 Å². The smallest absolute Gasteiger partial charge is 0.345 e. The van der Waals surface area contributed by atoms with Crippen LogP contribution < -0.4 is 4.74 Å². The van der Waals surface area contributed by atoms with E-state index in [1.807, 2.05) is 0 Å². The fraction of sp³-hybridized carbons (Fsp3) is 0.182. The van der Waals surface area contributed by atoms with E-state index in [9.17, 15) is 9.18 Å². The van der Waals surface area contributed by atoms with Crippen molar-refractivity contribution in [3.05, 3.63) is 35.9 Å². The van der Waals surface area contributed by atoms with Gasteiger partial charge in [-0.05, 0) is 12.1 Å². The van der Waals surface area contributed by atoms with Gasteiger partial charge in [-0.1, -0.05) is 0 Å². The Labute approximate surface area is 102 Å². The quantitative estimate of drug-likeness (QED) is 0.767. The van der Waals surface area contributed by atoms with E-state index in [0.717, 1.165) is 6.20 Å². The average Bonchev–Trinajstić information content (AvgIpc) is 2.82. The zero-order valence-corrected chi connectivity index (χ0v) is 9.75. The van der Waals surface area contributed by atoms with Crippen molar-refractivity contribution in [3.8, 4) is 11.7 Å². The van der Waals surface area contributed by atoms with Gasteiger partial charge in [0.1, 0.15) is 11.4 Å². The highest BCUT2D eigenvalue weighted by Crippen LogP contribution is 2.21. The zero-order chi connectivity index (χ0) is 13.1. The number of carbonyl (C=O) groups excluding carboxylic acids is 1. The number of methoxy groups -OCH3 is 2. The van der Waals surface area contributed by atoms with E-state index in [1.165, 1.54) is 37.2 Å². The van der Waals surface area contributed by atoms with Gasteiger partial charge in [-0.2, -0.15) is 9.78 Å². The van der Waals surface area contributed by atoms with E-state index in [4.69, 9.17) is 4.74 Å². The lowest BCUT2D eigenvalue weighted by molar-refractivity contribution is 0.0597. The Hall–Kier alpha value is -2.44. The first-order valence-corrected chi connectivity index (χ1v) is 4.99. The topological polar surface area (TPSA) is 66.2 Å². The molecule has 0 unspecified atom stereocenters. The fourth-order valence-corrected chi connectivity index (χ4v) is 1.44. The van der Waals surface area contributed by atoms with Crippen LogP contribution in [0.25, 0.3) is 5.82 Å². The van der Waals surface area contributed by atoms with Gasteiger partial charge in [0, 0.05) is 0 Å². The van der Waals surface area contributed by atoms with Gasteiger partial charge >= 0.3 is 5.97 Å². The van der Waals surface area contributed by atoms with Crippen molar-refractivity contribution in [3.63, 3.8) is 0 Å². The van der Waals surface area contributed by atoms with Gasteiger partial charge < -0.3 is 9.47 Å². The second kappa shape index (κ2) is 4.82. The summed E-state index contributed by atoms with van der Waals surface area (Å²) < 4.78 is 23.7. The SMILES string of the molecule is COC(=O)c1cnn(-c2ccc(F)cn2)c1OC. The number of hydrogen-bond acceptors (Lipinski definition) is 5. The molecule has 0 aliphatic rings. The van der Waals surface area contributed by atoms with Gasteiger partial charge in [-0.25, -0.2) is 14.2 Å². The van der Waals surface area contributed by atoms with Crippen molar-refractivity contribution in [1.29, 1.82) is 0 Å². The Morgan fingerprint density at radius 1 is 1.33 bits per heavy atom. The predicted molar refractivity (Wildman–Crippen MR) is 59.2 cm³/mol. The Bertz CT molecular complexity index is 565. The minimum atomic E-state index is -0.569. The van der Waals surface area contributed by atoms with Gasteiger partial charge in [-0.3, -0.25) is 0 Å². The van der Waals surface area contributed by atoms with Crippen molar-refractivity contribution in [2.45, 2.75) is 0 Å². The Morgan fingerprint density at radius 2 is 2.11 bits per heavy atom. The lowest BCUT2D eigenvalue weighted by atomic mass is 10.3. The van der Waals surface area contributed by atoms with Gasteiger partial charge in [0.05, 0.1) is 26.6 Å². The molecule has 0 bridgehead atoms. The highest BCUT2D eigenvalue weighted by molar-refractivity contribution is 5.91. The molecule has 0 fully saturated rings. The van der Waals surface area contributed by atoms with Crippen LogP contribution in [-0.4, -0.2) is 35.0 Å². The minimum Gasteiger partial charge on any atom is -0.480 e. The molecule has 0 saturated carbocycles. The summed E-state index contributed by atoms with van der Waals surface area (Å²) in [6.07, 6.45) is 2.35. The molecule has 0 radical (unpaired) electrons. The molecule has 18 heavy (non-hydrogen) atoms. The number of ether oxygens (including phenoxy) is 2. The summed E-state index contributed by atoms with van der Waals surface area (Å²) in [6, 6.07) is 2.66. The maximum atomic E-state index is 12.8. The molecule has 0 saturated heterocycles. The standard InChI is InChI=1S/C11H10FN3O3/c1-17-10-8(11(16)18-2)6-14-15(10)9-4-3-7(12)5-13-9/h3-6H,1-2H3. The molecule has 0 N–H and O–H groups in total. The number of esters is 1. The number of aromatic nitrogens is 3. The zero-order valence-electron chi connectivity index (χ0n) is 9.75. The summed E-state index contributed by atoms with van der Waals surface area (Å²) in [5.74, 6) is -0.511. The van der Waals surface area contributed by atoms with E-state index in [2.05, 4.69) is 14.8 Å². The van der Waals surface area contributed by atoms with E-state index < -0.39 is 11.8 Å². The molecule has 6 nitrogen and oxygen atoms in total. The third kappa shape index (κ3) is 2.02. The monoisotopic (exact) mass is 251 g/mol. The summed E-state index contributed by atoms with van der Waals surface area (Å²) in [7, 11) is 2.65.